The molecule has 1 aromatic carbocycles. The summed E-state index contributed by atoms with van der Waals surface area (Å²) in [4.78, 5) is 6.76. The van der Waals surface area contributed by atoms with Crippen molar-refractivity contribution in [3.05, 3.63) is 58.1 Å². The molecule has 0 aliphatic heterocycles. The summed E-state index contributed by atoms with van der Waals surface area (Å²) < 4.78 is 15.6. The maximum Gasteiger partial charge on any atom is 0.155 e. The highest BCUT2D eigenvalue weighted by atomic mass is 35.5. The molecule has 1 aliphatic rings. The summed E-state index contributed by atoms with van der Waals surface area (Å²) in [6.07, 6.45) is 2.61. The van der Waals surface area contributed by atoms with Crippen molar-refractivity contribution < 1.29 is 4.39 Å². The smallest absolute Gasteiger partial charge is 0.155 e. The molecule has 1 fully saturated rings. The first-order valence-corrected chi connectivity index (χ1v) is 9.43. The van der Waals surface area contributed by atoms with E-state index in [1.807, 2.05) is 25.2 Å². The maximum atomic E-state index is 13.2. The van der Waals surface area contributed by atoms with Crippen molar-refractivity contribution in [1.29, 1.82) is 0 Å². The predicted octanol–water partition coefficient (Wildman–Crippen LogP) is 5.91. The Bertz CT molecular complexity index is 962. The van der Waals surface area contributed by atoms with Gasteiger partial charge in [0.15, 0.2) is 5.82 Å². The number of hydrogen-bond donors (Lipinski definition) is 0. The standard InChI is InChI=1S/C21H23ClFN3.ClH/c1-13-14(2)26(12-16-4-5-16)20-18(13)10-19(22)24-21(20)25(3)11-15-6-8-17(23)9-7-15;/h6-10,16H,4-5,11-12H2,1-3H3;1H. The van der Waals surface area contributed by atoms with Gasteiger partial charge in [-0.25, -0.2) is 9.37 Å². The maximum absolute atomic E-state index is 13.2. The molecule has 2 heterocycles. The zero-order valence-corrected chi connectivity index (χ0v) is 17.4. The summed E-state index contributed by atoms with van der Waals surface area (Å²) in [5.74, 6) is 1.44. The van der Waals surface area contributed by atoms with Crippen molar-refractivity contribution in [3.63, 3.8) is 0 Å². The van der Waals surface area contributed by atoms with Crippen molar-refractivity contribution in [3.8, 4) is 0 Å². The Morgan fingerprint density at radius 3 is 2.52 bits per heavy atom. The SMILES string of the molecule is Cc1c(C)n(CC2CC2)c2c(N(C)Cc3ccc(F)cc3)nc(Cl)cc12.Cl. The minimum atomic E-state index is -0.218. The van der Waals surface area contributed by atoms with Gasteiger partial charge in [0.2, 0.25) is 0 Å². The number of hydrogen-bond acceptors (Lipinski definition) is 2. The lowest BCUT2D eigenvalue weighted by atomic mass is 10.2. The molecular formula is C21H24Cl2FN3. The lowest BCUT2D eigenvalue weighted by Crippen LogP contribution is -2.19. The number of fused-ring (bicyclic) bond motifs is 1. The van der Waals surface area contributed by atoms with E-state index in [2.05, 4.69) is 28.3 Å². The van der Waals surface area contributed by atoms with Gasteiger partial charge in [-0.3, -0.25) is 0 Å². The molecule has 0 N–H and O–H groups in total. The minimum absolute atomic E-state index is 0. The Labute approximate surface area is 170 Å². The molecule has 1 aliphatic carbocycles. The normalized spacial score (nSPS) is 13.7. The monoisotopic (exact) mass is 407 g/mol. The highest BCUT2D eigenvalue weighted by molar-refractivity contribution is 6.30. The van der Waals surface area contributed by atoms with Crippen LogP contribution >= 0.6 is 24.0 Å². The number of anilines is 1. The van der Waals surface area contributed by atoms with Crippen molar-refractivity contribution in [2.24, 2.45) is 5.92 Å². The third-order valence-corrected chi connectivity index (χ3v) is 5.59. The van der Waals surface area contributed by atoms with E-state index in [4.69, 9.17) is 11.6 Å². The number of pyridine rings is 1. The largest absolute Gasteiger partial charge is 0.354 e. The van der Waals surface area contributed by atoms with Crippen LogP contribution in [0.4, 0.5) is 10.2 Å². The van der Waals surface area contributed by atoms with Crippen LogP contribution in [0.5, 0.6) is 0 Å². The van der Waals surface area contributed by atoms with Crippen LogP contribution in [-0.2, 0) is 13.1 Å². The van der Waals surface area contributed by atoms with Gasteiger partial charge >= 0.3 is 0 Å². The van der Waals surface area contributed by atoms with Gasteiger partial charge in [-0.15, -0.1) is 12.4 Å². The van der Waals surface area contributed by atoms with Gasteiger partial charge < -0.3 is 9.47 Å². The average Bonchev–Trinajstić information content (AvgIpc) is 3.40. The third-order valence-electron chi connectivity index (χ3n) is 5.40. The van der Waals surface area contributed by atoms with E-state index in [0.29, 0.717) is 11.7 Å². The second-order valence-electron chi connectivity index (χ2n) is 7.41. The first-order valence-electron chi connectivity index (χ1n) is 9.05. The highest BCUT2D eigenvalue weighted by Crippen LogP contribution is 2.38. The van der Waals surface area contributed by atoms with E-state index in [1.165, 1.54) is 41.6 Å². The van der Waals surface area contributed by atoms with E-state index in [-0.39, 0.29) is 18.2 Å². The molecule has 0 spiro atoms. The average molecular weight is 408 g/mol. The van der Waals surface area contributed by atoms with E-state index in [0.717, 1.165) is 29.4 Å². The van der Waals surface area contributed by atoms with Crippen molar-refractivity contribution in [2.45, 2.75) is 39.8 Å². The fraction of sp³-hybridized carbons (Fsp3) is 0.381. The molecule has 3 aromatic rings. The number of nitrogens with zero attached hydrogens (tertiary/aromatic N) is 3. The molecule has 0 bridgehead atoms. The summed E-state index contributed by atoms with van der Waals surface area (Å²) in [5.41, 5.74) is 4.74. The zero-order chi connectivity index (χ0) is 18.4. The summed E-state index contributed by atoms with van der Waals surface area (Å²) >= 11 is 6.35. The second kappa shape index (κ2) is 7.69. The molecule has 2 aromatic heterocycles. The summed E-state index contributed by atoms with van der Waals surface area (Å²) in [5, 5.41) is 1.68. The molecule has 0 saturated heterocycles. The Morgan fingerprint density at radius 2 is 1.89 bits per heavy atom. The van der Waals surface area contributed by atoms with Gasteiger partial charge in [-0.05, 0) is 61.9 Å². The van der Waals surface area contributed by atoms with E-state index < -0.39 is 0 Å². The van der Waals surface area contributed by atoms with Gasteiger partial charge in [0.25, 0.3) is 0 Å². The minimum Gasteiger partial charge on any atom is -0.354 e. The molecule has 3 nitrogen and oxygen atoms in total. The van der Waals surface area contributed by atoms with E-state index in [1.54, 1.807) is 0 Å². The Morgan fingerprint density at radius 1 is 1.22 bits per heavy atom. The molecule has 6 heteroatoms. The lowest BCUT2D eigenvalue weighted by Gasteiger charge is -2.21. The Balaban J connectivity index is 0.00000210. The second-order valence-corrected chi connectivity index (χ2v) is 7.80. The molecule has 0 amide bonds. The predicted molar refractivity (Wildman–Crippen MR) is 113 cm³/mol. The van der Waals surface area contributed by atoms with Crippen LogP contribution in [0.15, 0.2) is 30.3 Å². The molecule has 27 heavy (non-hydrogen) atoms. The highest BCUT2D eigenvalue weighted by Gasteiger charge is 2.26. The summed E-state index contributed by atoms with van der Waals surface area (Å²) in [6, 6.07) is 8.58. The topological polar surface area (TPSA) is 21.1 Å². The van der Waals surface area contributed by atoms with Gasteiger partial charge in [0.1, 0.15) is 11.0 Å². The van der Waals surface area contributed by atoms with Gasteiger partial charge in [-0.2, -0.15) is 0 Å². The first-order chi connectivity index (χ1) is 12.4. The van der Waals surface area contributed by atoms with Crippen molar-refractivity contribution >= 4 is 40.7 Å². The number of halogens is 3. The van der Waals surface area contributed by atoms with E-state index >= 15 is 0 Å². The molecule has 144 valence electrons. The van der Waals surface area contributed by atoms with Crippen molar-refractivity contribution in [1.82, 2.24) is 9.55 Å². The zero-order valence-electron chi connectivity index (χ0n) is 15.8. The quantitative estimate of drug-likeness (QED) is 0.489. The number of aryl methyl sites for hydroxylation is 1. The van der Waals surface area contributed by atoms with Crippen LogP contribution in [0.25, 0.3) is 10.9 Å². The van der Waals surface area contributed by atoms with Crippen LogP contribution in [0.1, 0.15) is 29.7 Å². The Hall–Kier alpha value is -1.78. The molecule has 0 radical (unpaired) electrons. The van der Waals surface area contributed by atoms with Crippen LogP contribution in [0.2, 0.25) is 5.15 Å². The molecular weight excluding hydrogens is 384 g/mol. The number of benzene rings is 1. The van der Waals surface area contributed by atoms with Crippen LogP contribution in [-0.4, -0.2) is 16.6 Å². The Kier molecular flexibility index (Phi) is 5.68. The first kappa shape index (κ1) is 20.0. The van der Waals surface area contributed by atoms with Crippen LogP contribution < -0.4 is 4.90 Å². The lowest BCUT2D eigenvalue weighted by molar-refractivity contribution is 0.626. The fourth-order valence-electron chi connectivity index (χ4n) is 3.60. The van der Waals surface area contributed by atoms with Gasteiger partial charge in [-0.1, -0.05) is 23.7 Å². The summed E-state index contributed by atoms with van der Waals surface area (Å²) in [6.45, 7) is 6.02. The fourth-order valence-corrected chi connectivity index (χ4v) is 3.79. The van der Waals surface area contributed by atoms with Crippen LogP contribution in [0, 0.1) is 25.6 Å². The molecule has 4 rings (SSSR count). The van der Waals surface area contributed by atoms with Gasteiger partial charge in [0, 0.05) is 31.2 Å². The van der Waals surface area contributed by atoms with Gasteiger partial charge in [0.05, 0.1) is 5.52 Å². The third kappa shape index (κ3) is 3.92. The number of aromatic nitrogens is 2. The van der Waals surface area contributed by atoms with Crippen LogP contribution in [0.3, 0.4) is 0 Å². The van der Waals surface area contributed by atoms with E-state index in [9.17, 15) is 4.39 Å². The van der Waals surface area contributed by atoms with Crippen molar-refractivity contribution in [2.75, 3.05) is 11.9 Å². The summed E-state index contributed by atoms with van der Waals surface area (Å²) in [7, 11) is 2.01. The number of rotatable bonds is 5. The molecule has 0 atom stereocenters. The molecule has 0 unspecified atom stereocenters. The molecule has 1 saturated carbocycles.